The third-order valence-corrected chi connectivity index (χ3v) is 1.75. The molecule has 0 aromatic rings. The summed E-state index contributed by atoms with van der Waals surface area (Å²) in [7, 11) is 0. The van der Waals surface area contributed by atoms with Gasteiger partial charge in [0.05, 0.1) is 11.5 Å². The van der Waals surface area contributed by atoms with Gasteiger partial charge in [-0.15, -0.1) is 0 Å². The van der Waals surface area contributed by atoms with Crippen LogP contribution in [0.5, 0.6) is 0 Å². The maximum Gasteiger partial charge on any atom is 0.0794 e. The van der Waals surface area contributed by atoms with Crippen LogP contribution in [0.3, 0.4) is 0 Å². The fraction of sp³-hybridized carbons (Fsp3) is 1.00. The second-order valence-electron chi connectivity index (χ2n) is 2.24. The first-order valence-corrected chi connectivity index (χ1v) is 3.32. The lowest BCUT2D eigenvalue weighted by atomic mass is 10.2. The monoisotopic (exact) mass is 133 g/mol. The Kier molecular flexibility index (Phi) is 1.80. The molecule has 0 amide bonds. The fourth-order valence-electron chi connectivity index (χ4n) is 0.793. The predicted octanol–water partition coefficient (Wildman–Crippen LogP) is -0.0613. The molecule has 0 aromatic heterocycles. The maximum absolute atomic E-state index is 8.79. The number of rotatable bonds is 1. The molecular weight excluding hydrogens is 122 g/mol. The number of hydrogen-bond acceptors (Lipinski definition) is 3. The van der Waals surface area contributed by atoms with E-state index >= 15 is 0 Å². The predicted molar refractivity (Wildman–Crippen MR) is 36.0 cm³/mol. The number of β-amino-alcohol motifs (C(OH)–C–C–N with tert-alkyl or cyclic N) is 1. The van der Waals surface area contributed by atoms with E-state index in [2.05, 4.69) is 17.5 Å². The van der Waals surface area contributed by atoms with Gasteiger partial charge in [0, 0.05) is 13.1 Å². The summed E-state index contributed by atoms with van der Waals surface area (Å²) in [6, 6.07) is 0. The lowest BCUT2D eigenvalue weighted by molar-refractivity contribution is -0.00112. The summed E-state index contributed by atoms with van der Waals surface area (Å²) in [5.74, 6) is 0. The first kappa shape index (κ1) is 6.39. The zero-order valence-corrected chi connectivity index (χ0v) is 5.80. The molecule has 48 valence electrons. The molecule has 3 heteroatoms. The highest BCUT2D eigenvalue weighted by Gasteiger charge is 2.26. The Labute approximate surface area is 54.9 Å². The number of aliphatic hydroxyl groups excluding tert-OH is 1. The van der Waals surface area contributed by atoms with Crippen LogP contribution in [-0.2, 0) is 0 Å². The Hall–Kier alpha value is 0.270. The van der Waals surface area contributed by atoms with Gasteiger partial charge in [-0.05, 0) is 6.92 Å². The lowest BCUT2D eigenvalue weighted by Crippen LogP contribution is -2.52. The Morgan fingerprint density at radius 1 is 1.75 bits per heavy atom. The van der Waals surface area contributed by atoms with Gasteiger partial charge in [-0.25, -0.2) is 0 Å². The molecule has 0 unspecified atom stereocenters. The van der Waals surface area contributed by atoms with Crippen LogP contribution in [0.15, 0.2) is 0 Å². The fourth-order valence-corrected chi connectivity index (χ4v) is 0.982. The minimum absolute atomic E-state index is 0.0930. The number of nitrogens with zero attached hydrogens (tertiary/aromatic N) is 1. The van der Waals surface area contributed by atoms with E-state index in [0.717, 1.165) is 13.1 Å². The quantitative estimate of drug-likeness (QED) is 0.489. The maximum atomic E-state index is 8.79. The normalized spacial score (nSPS) is 27.4. The average molecular weight is 133 g/mol. The van der Waals surface area contributed by atoms with E-state index in [1.165, 1.54) is 0 Å². The van der Waals surface area contributed by atoms with E-state index in [9.17, 15) is 0 Å². The van der Waals surface area contributed by atoms with E-state index in [4.69, 9.17) is 5.11 Å². The van der Waals surface area contributed by atoms with Crippen molar-refractivity contribution in [2.75, 3.05) is 13.1 Å². The number of likely N-dealkylation sites (tertiary alicyclic amines) is 1. The molecule has 1 aliphatic rings. The molecule has 1 aliphatic heterocycles. The van der Waals surface area contributed by atoms with E-state index in [0.29, 0.717) is 5.37 Å². The van der Waals surface area contributed by atoms with Crippen LogP contribution >= 0.6 is 12.6 Å². The molecule has 1 fully saturated rings. The van der Waals surface area contributed by atoms with Gasteiger partial charge in [0.2, 0.25) is 0 Å². The largest absolute Gasteiger partial charge is 0.390 e. The lowest BCUT2D eigenvalue weighted by Gasteiger charge is -2.38. The van der Waals surface area contributed by atoms with Crippen LogP contribution in [0.25, 0.3) is 0 Å². The van der Waals surface area contributed by atoms with Crippen LogP contribution in [0.1, 0.15) is 6.92 Å². The molecule has 8 heavy (non-hydrogen) atoms. The average Bonchev–Trinajstić information content (AvgIpc) is 1.57. The van der Waals surface area contributed by atoms with Crippen LogP contribution in [0.4, 0.5) is 0 Å². The van der Waals surface area contributed by atoms with Crippen LogP contribution in [0, 0.1) is 0 Å². The van der Waals surface area contributed by atoms with Gasteiger partial charge in [0.15, 0.2) is 0 Å². The van der Waals surface area contributed by atoms with Crippen molar-refractivity contribution in [3.8, 4) is 0 Å². The van der Waals surface area contributed by atoms with Crippen molar-refractivity contribution in [3.63, 3.8) is 0 Å². The smallest absolute Gasteiger partial charge is 0.0794 e. The zero-order valence-electron chi connectivity index (χ0n) is 4.91. The second-order valence-corrected chi connectivity index (χ2v) is 2.99. The molecule has 1 N–H and O–H groups in total. The Balaban J connectivity index is 2.15. The summed E-state index contributed by atoms with van der Waals surface area (Å²) < 4.78 is 0. The molecule has 1 rings (SSSR count). The number of aliphatic hydroxyl groups is 1. The summed E-state index contributed by atoms with van der Waals surface area (Å²) in [6.07, 6.45) is -0.0930. The van der Waals surface area contributed by atoms with Crippen molar-refractivity contribution in [1.82, 2.24) is 4.90 Å². The summed E-state index contributed by atoms with van der Waals surface area (Å²) in [5, 5.41) is 9.10. The molecule has 0 radical (unpaired) electrons. The van der Waals surface area contributed by atoms with Gasteiger partial charge < -0.3 is 5.11 Å². The highest BCUT2D eigenvalue weighted by Crippen LogP contribution is 2.13. The van der Waals surface area contributed by atoms with Crippen molar-refractivity contribution in [3.05, 3.63) is 0 Å². The topological polar surface area (TPSA) is 23.5 Å². The van der Waals surface area contributed by atoms with Crippen molar-refractivity contribution in [1.29, 1.82) is 0 Å². The van der Waals surface area contributed by atoms with Gasteiger partial charge in [-0.1, -0.05) is 0 Å². The van der Waals surface area contributed by atoms with Crippen molar-refractivity contribution in [2.24, 2.45) is 0 Å². The van der Waals surface area contributed by atoms with Gasteiger partial charge in [-0.3, -0.25) is 4.90 Å². The van der Waals surface area contributed by atoms with E-state index in [1.54, 1.807) is 0 Å². The van der Waals surface area contributed by atoms with Crippen LogP contribution < -0.4 is 0 Å². The van der Waals surface area contributed by atoms with Gasteiger partial charge >= 0.3 is 0 Å². The molecule has 0 aromatic carbocycles. The van der Waals surface area contributed by atoms with Gasteiger partial charge in [0.25, 0.3) is 0 Å². The van der Waals surface area contributed by atoms with Crippen LogP contribution in [-0.4, -0.2) is 34.6 Å². The highest BCUT2D eigenvalue weighted by atomic mass is 32.1. The van der Waals surface area contributed by atoms with Crippen LogP contribution in [0.2, 0.25) is 0 Å². The molecule has 2 nitrogen and oxygen atoms in total. The molecular formula is C5H11NOS. The minimum atomic E-state index is -0.0930. The third-order valence-electron chi connectivity index (χ3n) is 1.42. The van der Waals surface area contributed by atoms with E-state index in [-0.39, 0.29) is 6.10 Å². The van der Waals surface area contributed by atoms with Crippen molar-refractivity contribution in [2.45, 2.75) is 18.4 Å². The van der Waals surface area contributed by atoms with E-state index < -0.39 is 0 Å². The number of thiol groups is 1. The molecule has 0 bridgehead atoms. The Morgan fingerprint density at radius 2 is 2.25 bits per heavy atom. The minimum Gasteiger partial charge on any atom is -0.390 e. The van der Waals surface area contributed by atoms with Crippen molar-refractivity contribution >= 4 is 12.6 Å². The number of hydrogen-bond donors (Lipinski definition) is 2. The molecule has 0 aliphatic carbocycles. The van der Waals surface area contributed by atoms with Gasteiger partial charge in [0.1, 0.15) is 0 Å². The zero-order chi connectivity index (χ0) is 6.15. The second kappa shape index (κ2) is 2.25. The molecule has 1 heterocycles. The summed E-state index contributed by atoms with van der Waals surface area (Å²) in [5.41, 5.74) is 0. The SMILES string of the molecule is C[C@H](S)N1CC(O)C1. The Bertz CT molecular complexity index is 80.5. The van der Waals surface area contributed by atoms with Gasteiger partial charge in [-0.2, -0.15) is 12.6 Å². The summed E-state index contributed by atoms with van der Waals surface area (Å²) >= 11 is 4.18. The highest BCUT2D eigenvalue weighted by molar-refractivity contribution is 7.80. The third kappa shape index (κ3) is 1.16. The molecule has 1 atom stereocenters. The Morgan fingerprint density at radius 3 is 2.38 bits per heavy atom. The summed E-state index contributed by atoms with van der Waals surface area (Å²) in [4.78, 5) is 2.10. The molecule has 1 saturated heterocycles. The van der Waals surface area contributed by atoms with E-state index in [1.807, 2.05) is 6.92 Å². The standard InChI is InChI=1S/C5H11NOS/c1-4(8)6-2-5(7)3-6/h4-5,7-8H,2-3H2,1H3/t4-/m0/s1. The first-order valence-electron chi connectivity index (χ1n) is 2.80. The first-order chi connectivity index (χ1) is 3.70. The summed E-state index contributed by atoms with van der Waals surface area (Å²) in [6.45, 7) is 3.60. The molecule has 0 saturated carbocycles. The van der Waals surface area contributed by atoms with Crippen molar-refractivity contribution < 1.29 is 5.11 Å². The molecule has 0 spiro atoms.